The van der Waals surface area contributed by atoms with Crippen molar-refractivity contribution in [1.82, 2.24) is 10.4 Å². The van der Waals surface area contributed by atoms with Crippen LogP contribution in [0.25, 0.3) is 0 Å². The third kappa shape index (κ3) is 4.05. The summed E-state index contributed by atoms with van der Waals surface area (Å²) < 4.78 is 0. The van der Waals surface area contributed by atoms with Crippen molar-refractivity contribution in [1.29, 1.82) is 0 Å². The normalized spacial score (nSPS) is 10.4. The van der Waals surface area contributed by atoms with Gasteiger partial charge in [0.2, 0.25) is 0 Å². The van der Waals surface area contributed by atoms with Gasteiger partial charge in [-0.15, -0.1) is 11.3 Å². The predicted octanol–water partition coefficient (Wildman–Crippen LogP) is 2.49. The molecular weight excluding hydrogens is 278 g/mol. The Morgan fingerprint density at radius 1 is 1.47 bits per heavy atom. The van der Waals surface area contributed by atoms with Gasteiger partial charge in [-0.3, -0.25) is 10.2 Å². The molecule has 0 spiro atoms. The van der Waals surface area contributed by atoms with Crippen molar-refractivity contribution in [3.8, 4) is 0 Å². The van der Waals surface area contributed by atoms with Gasteiger partial charge in [0.15, 0.2) is 5.01 Å². The molecule has 100 valence electrons. The SMILES string of the molecule is Cc1cccc(CSCc2csc(C(=O)NN)n2)c1. The van der Waals surface area contributed by atoms with Crippen LogP contribution in [0.3, 0.4) is 0 Å². The Morgan fingerprint density at radius 2 is 2.32 bits per heavy atom. The smallest absolute Gasteiger partial charge is 0.288 e. The molecule has 6 heteroatoms. The van der Waals surface area contributed by atoms with Crippen LogP contribution in [0, 0.1) is 6.92 Å². The summed E-state index contributed by atoms with van der Waals surface area (Å²) >= 11 is 3.10. The fourth-order valence-corrected chi connectivity index (χ4v) is 3.31. The van der Waals surface area contributed by atoms with E-state index in [-0.39, 0.29) is 5.91 Å². The molecule has 0 atom stereocenters. The molecule has 0 saturated heterocycles. The number of carbonyl (C=O) groups is 1. The van der Waals surface area contributed by atoms with E-state index in [4.69, 9.17) is 5.84 Å². The molecule has 2 aromatic rings. The molecule has 0 aliphatic heterocycles. The third-order valence-corrected chi connectivity index (χ3v) is 4.41. The first kappa shape index (κ1) is 14.0. The number of nitrogen functional groups attached to an aromatic ring is 1. The first-order valence-corrected chi connectivity index (χ1v) is 7.81. The Morgan fingerprint density at radius 3 is 3.05 bits per heavy atom. The van der Waals surface area contributed by atoms with E-state index in [1.165, 1.54) is 22.5 Å². The zero-order chi connectivity index (χ0) is 13.7. The Labute approximate surface area is 120 Å². The first-order valence-electron chi connectivity index (χ1n) is 5.77. The minimum atomic E-state index is -0.333. The lowest BCUT2D eigenvalue weighted by atomic mass is 10.2. The van der Waals surface area contributed by atoms with Crippen molar-refractivity contribution in [2.24, 2.45) is 5.84 Å². The molecule has 0 bridgehead atoms. The molecule has 0 fully saturated rings. The highest BCUT2D eigenvalue weighted by Gasteiger charge is 2.09. The van der Waals surface area contributed by atoms with Crippen LogP contribution in [0.5, 0.6) is 0 Å². The summed E-state index contributed by atoms with van der Waals surface area (Å²) in [7, 11) is 0. The molecule has 1 aromatic heterocycles. The van der Waals surface area contributed by atoms with Crippen LogP contribution in [-0.4, -0.2) is 10.9 Å². The largest absolute Gasteiger partial charge is 0.294 e. The number of benzene rings is 1. The van der Waals surface area contributed by atoms with Gasteiger partial charge in [-0.05, 0) is 12.5 Å². The van der Waals surface area contributed by atoms with Crippen LogP contribution in [0.1, 0.15) is 26.6 Å². The minimum absolute atomic E-state index is 0.333. The molecule has 2 rings (SSSR count). The Bertz CT molecular complexity index is 569. The molecule has 1 aromatic carbocycles. The highest BCUT2D eigenvalue weighted by Crippen LogP contribution is 2.20. The summed E-state index contributed by atoms with van der Waals surface area (Å²) in [5.41, 5.74) is 5.58. The molecular formula is C13H15N3OS2. The monoisotopic (exact) mass is 293 g/mol. The highest BCUT2D eigenvalue weighted by atomic mass is 32.2. The van der Waals surface area contributed by atoms with E-state index >= 15 is 0 Å². The van der Waals surface area contributed by atoms with Gasteiger partial charge in [0.25, 0.3) is 5.91 Å². The number of nitrogens with two attached hydrogens (primary N) is 1. The van der Waals surface area contributed by atoms with Gasteiger partial charge in [0.05, 0.1) is 5.69 Å². The topological polar surface area (TPSA) is 68.0 Å². The maximum absolute atomic E-state index is 11.3. The van der Waals surface area contributed by atoms with E-state index in [0.717, 1.165) is 17.2 Å². The average Bonchev–Trinajstić information content (AvgIpc) is 2.87. The van der Waals surface area contributed by atoms with Gasteiger partial charge in [0.1, 0.15) is 0 Å². The molecule has 4 nitrogen and oxygen atoms in total. The molecule has 0 aliphatic carbocycles. The quantitative estimate of drug-likeness (QED) is 0.505. The number of nitrogens with zero attached hydrogens (tertiary/aromatic N) is 1. The maximum Gasteiger partial charge on any atom is 0.294 e. The number of nitrogens with one attached hydrogen (secondary N) is 1. The van der Waals surface area contributed by atoms with Crippen LogP contribution in [-0.2, 0) is 11.5 Å². The van der Waals surface area contributed by atoms with E-state index < -0.39 is 0 Å². The van der Waals surface area contributed by atoms with Crippen molar-refractivity contribution in [2.45, 2.75) is 18.4 Å². The summed E-state index contributed by atoms with van der Waals surface area (Å²) in [6, 6.07) is 8.46. The number of aryl methyl sites for hydroxylation is 1. The number of carbonyl (C=O) groups excluding carboxylic acids is 1. The number of hydrogen-bond acceptors (Lipinski definition) is 5. The van der Waals surface area contributed by atoms with E-state index in [1.807, 2.05) is 5.38 Å². The Kier molecular flexibility index (Phi) is 4.95. The molecule has 0 unspecified atom stereocenters. The van der Waals surface area contributed by atoms with Crippen molar-refractivity contribution < 1.29 is 4.79 Å². The van der Waals surface area contributed by atoms with Crippen LogP contribution in [0.4, 0.5) is 0 Å². The van der Waals surface area contributed by atoms with Crippen molar-refractivity contribution in [3.63, 3.8) is 0 Å². The Balaban J connectivity index is 1.86. The summed E-state index contributed by atoms with van der Waals surface area (Å²) in [4.78, 5) is 15.5. The second-order valence-electron chi connectivity index (χ2n) is 4.10. The molecule has 19 heavy (non-hydrogen) atoms. The second-order valence-corrected chi connectivity index (χ2v) is 5.94. The summed E-state index contributed by atoms with van der Waals surface area (Å²) in [5, 5.41) is 2.31. The van der Waals surface area contributed by atoms with E-state index in [0.29, 0.717) is 5.01 Å². The zero-order valence-electron chi connectivity index (χ0n) is 10.6. The van der Waals surface area contributed by atoms with Gasteiger partial charge in [-0.2, -0.15) is 11.8 Å². The van der Waals surface area contributed by atoms with Crippen LogP contribution in [0.15, 0.2) is 29.6 Å². The summed E-state index contributed by atoms with van der Waals surface area (Å²) in [5.74, 6) is 6.47. The number of hydrogen-bond donors (Lipinski definition) is 2. The average molecular weight is 293 g/mol. The zero-order valence-corrected chi connectivity index (χ0v) is 12.2. The number of aromatic nitrogens is 1. The van der Waals surface area contributed by atoms with E-state index in [9.17, 15) is 4.79 Å². The lowest BCUT2D eigenvalue weighted by Gasteiger charge is -2.01. The minimum Gasteiger partial charge on any atom is -0.288 e. The van der Waals surface area contributed by atoms with E-state index in [2.05, 4.69) is 41.6 Å². The van der Waals surface area contributed by atoms with Crippen molar-refractivity contribution in [2.75, 3.05) is 0 Å². The molecule has 0 saturated carbocycles. The van der Waals surface area contributed by atoms with Gasteiger partial charge in [-0.1, -0.05) is 29.8 Å². The Hall–Kier alpha value is -1.37. The standard InChI is InChI=1S/C13H15N3OS2/c1-9-3-2-4-10(5-9)6-18-7-11-8-19-13(15-11)12(17)16-14/h2-5,8H,6-7,14H2,1H3,(H,16,17). The van der Waals surface area contributed by atoms with Gasteiger partial charge in [0, 0.05) is 16.9 Å². The van der Waals surface area contributed by atoms with Crippen LogP contribution >= 0.6 is 23.1 Å². The molecule has 3 N–H and O–H groups in total. The fourth-order valence-electron chi connectivity index (χ4n) is 1.61. The van der Waals surface area contributed by atoms with Gasteiger partial charge < -0.3 is 0 Å². The number of thioether (sulfide) groups is 1. The molecule has 0 aliphatic rings. The maximum atomic E-state index is 11.3. The summed E-state index contributed by atoms with van der Waals surface area (Å²) in [6.45, 7) is 2.09. The van der Waals surface area contributed by atoms with Gasteiger partial charge >= 0.3 is 0 Å². The van der Waals surface area contributed by atoms with Crippen LogP contribution in [0.2, 0.25) is 0 Å². The number of rotatable bonds is 5. The third-order valence-electron chi connectivity index (χ3n) is 2.48. The highest BCUT2D eigenvalue weighted by molar-refractivity contribution is 7.97. The number of thiazole rings is 1. The first-order chi connectivity index (χ1) is 9.19. The van der Waals surface area contributed by atoms with E-state index in [1.54, 1.807) is 11.8 Å². The second kappa shape index (κ2) is 6.70. The lowest BCUT2D eigenvalue weighted by Crippen LogP contribution is -2.29. The lowest BCUT2D eigenvalue weighted by molar-refractivity contribution is 0.0953. The number of amides is 1. The molecule has 0 radical (unpaired) electrons. The van der Waals surface area contributed by atoms with Crippen LogP contribution < -0.4 is 11.3 Å². The fraction of sp³-hybridized carbons (Fsp3) is 0.231. The molecule has 1 heterocycles. The van der Waals surface area contributed by atoms with Gasteiger partial charge in [-0.25, -0.2) is 10.8 Å². The van der Waals surface area contributed by atoms with Crippen molar-refractivity contribution >= 4 is 29.0 Å². The summed E-state index contributed by atoms with van der Waals surface area (Å²) in [6.07, 6.45) is 0. The van der Waals surface area contributed by atoms with Crippen molar-refractivity contribution in [3.05, 3.63) is 51.5 Å². The number of hydrazine groups is 1. The predicted molar refractivity (Wildman–Crippen MR) is 79.9 cm³/mol. The molecule has 1 amide bonds.